The molecule has 2 aromatic heterocycles. The van der Waals surface area contributed by atoms with Gasteiger partial charge < -0.3 is 14.5 Å². The summed E-state index contributed by atoms with van der Waals surface area (Å²) in [6.07, 6.45) is 2.62. The normalized spacial score (nSPS) is 17.4. The number of halogens is 2. The lowest BCUT2D eigenvalue weighted by Crippen LogP contribution is -2.39. The fourth-order valence-electron chi connectivity index (χ4n) is 3.45. The second-order valence-electron chi connectivity index (χ2n) is 6.72. The first-order valence-corrected chi connectivity index (χ1v) is 8.81. The Morgan fingerprint density at radius 1 is 1.33 bits per heavy atom. The van der Waals surface area contributed by atoms with Crippen LogP contribution in [0.3, 0.4) is 0 Å². The number of carbonyl (C=O) groups excluding carboxylic acids is 1. The number of aromatic nitrogens is 2. The van der Waals surface area contributed by atoms with E-state index in [1.165, 1.54) is 0 Å². The summed E-state index contributed by atoms with van der Waals surface area (Å²) >= 11 is 0. The van der Waals surface area contributed by atoms with Crippen LogP contribution in [0.2, 0.25) is 0 Å². The summed E-state index contributed by atoms with van der Waals surface area (Å²) in [5.41, 5.74) is 2.26. The van der Waals surface area contributed by atoms with Gasteiger partial charge in [-0.3, -0.25) is 4.79 Å². The van der Waals surface area contributed by atoms with Crippen molar-refractivity contribution >= 4 is 11.9 Å². The number of nitrogens with zero attached hydrogens (tertiary/aromatic N) is 2. The molecule has 27 heavy (non-hydrogen) atoms. The van der Waals surface area contributed by atoms with Crippen LogP contribution in [0.15, 0.2) is 30.5 Å². The number of ether oxygens (including phenoxy) is 1. The number of imidazole rings is 1. The first kappa shape index (κ1) is 17.8. The van der Waals surface area contributed by atoms with Crippen LogP contribution in [0.4, 0.5) is 8.78 Å². The van der Waals surface area contributed by atoms with Crippen molar-refractivity contribution in [3.05, 3.63) is 58.9 Å². The summed E-state index contributed by atoms with van der Waals surface area (Å²) in [6.45, 7) is 3.97. The molecule has 4 rings (SSSR count). The van der Waals surface area contributed by atoms with Crippen molar-refractivity contribution in [3.63, 3.8) is 0 Å². The summed E-state index contributed by atoms with van der Waals surface area (Å²) in [7, 11) is 0. The van der Waals surface area contributed by atoms with Gasteiger partial charge in [0.25, 0.3) is 0 Å². The van der Waals surface area contributed by atoms with Crippen molar-refractivity contribution in [1.82, 2.24) is 14.7 Å². The first-order chi connectivity index (χ1) is 13.1. The first-order valence-electron chi connectivity index (χ1n) is 8.81. The van der Waals surface area contributed by atoms with E-state index < -0.39 is 11.6 Å². The van der Waals surface area contributed by atoms with Crippen LogP contribution in [-0.4, -0.2) is 41.5 Å². The van der Waals surface area contributed by atoms with Gasteiger partial charge in [-0.25, -0.2) is 13.8 Å². The molecule has 140 valence electrons. The Morgan fingerprint density at radius 2 is 2.11 bits per heavy atom. The van der Waals surface area contributed by atoms with Crippen LogP contribution in [0, 0.1) is 18.6 Å². The number of rotatable bonds is 4. The highest BCUT2D eigenvalue weighted by Crippen LogP contribution is 2.31. The van der Waals surface area contributed by atoms with Crippen molar-refractivity contribution in [1.29, 1.82) is 0 Å². The van der Waals surface area contributed by atoms with Crippen LogP contribution in [0.5, 0.6) is 0 Å². The minimum atomic E-state index is -0.804. The Bertz CT molecular complexity index is 987. The zero-order valence-corrected chi connectivity index (χ0v) is 14.8. The molecule has 1 N–H and O–H groups in total. The fourth-order valence-corrected chi connectivity index (χ4v) is 3.45. The van der Waals surface area contributed by atoms with Gasteiger partial charge in [0, 0.05) is 31.3 Å². The number of hydrogen-bond donors (Lipinski definition) is 1. The van der Waals surface area contributed by atoms with Crippen molar-refractivity contribution in [2.45, 2.75) is 19.4 Å². The van der Waals surface area contributed by atoms with Crippen molar-refractivity contribution in [2.75, 3.05) is 19.7 Å². The SMILES string of the molecule is Cc1ccn2c(C[C@H]3CNCCO3)c(-c3c(F)cc(C=O)cc3F)nc2c1. The van der Waals surface area contributed by atoms with E-state index in [0.29, 0.717) is 37.2 Å². The number of hydrogen-bond acceptors (Lipinski definition) is 4. The number of carbonyl (C=O) groups is 1. The number of aryl methyl sites for hydroxylation is 1. The molecular formula is C20H19F2N3O2. The molecule has 1 aliphatic heterocycles. The average molecular weight is 371 g/mol. The Hall–Kier alpha value is -2.64. The third kappa shape index (κ3) is 3.36. The standard InChI is InChI=1S/C20H19F2N3O2/c1-12-2-4-25-17(9-14-10-23-3-5-27-14)20(24-18(25)6-12)19-15(21)7-13(11-26)8-16(19)22/h2,4,6-8,11,14,23H,3,5,9-10H2,1H3/t14-/m0/s1. The number of aldehydes is 1. The number of benzene rings is 1. The molecule has 0 unspecified atom stereocenters. The molecule has 0 spiro atoms. The highest BCUT2D eigenvalue weighted by atomic mass is 19.1. The Labute approximate surface area is 155 Å². The average Bonchev–Trinajstić information content (AvgIpc) is 2.99. The van der Waals surface area contributed by atoms with Gasteiger partial charge in [0.15, 0.2) is 0 Å². The van der Waals surface area contributed by atoms with Gasteiger partial charge in [-0.05, 0) is 36.8 Å². The maximum Gasteiger partial charge on any atom is 0.150 e. The predicted octanol–water partition coefficient (Wildman–Crippen LogP) is 2.93. The predicted molar refractivity (Wildman–Crippen MR) is 97.0 cm³/mol. The highest BCUT2D eigenvalue weighted by molar-refractivity contribution is 5.78. The van der Waals surface area contributed by atoms with Gasteiger partial charge in [-0.2, -0.15) is 0 Å². The summed E-state index contributed by atoms with van der Waals surface area (Å²) in [5, 5.41) is 3.26. The van der Waals surface area contributed by atoms with E-state index in [9.17, 15) is 13.6 Å². The number of fused-ring (bicyclic) bond motifs is 1. The monoisotopic (exact) mass is 371 g/mol. The van der Waals surface area contributed by atoms with Crippen molar-refractivity contribution < 1.29 is 18.3 Å². The van der Waals surface area contributed by atoms with Crippen molar-refractivity contribution in [3.8, 4) is 11.3 Å². The van der Waals surface area contributed by atoms with E-state index in [0.717, 1.165) is 24.2 Å². The third-order valence-electron chi connectivity index (χ3n) is 4.74. The molecule has 1 saturated heterocycles. The molecule has 1 atom stereocenters. The molecule has 0 saturated carbocycles. The van der Waals surface area contributed by atoms with E-state index in [-0.39, 0.29) is 22.9 Å². The second kappa shape index (κ2) is 7.17. The smallest absolute Gasteiger partial charge is 0.150 e. The lowest BCUT2D eigenvalue weighted by molar-refractivity contribution is 0.0286. The molecule has 7 heteroatoms. The Kier molecular flexibility index (Phi) is 4.72. The minimum Gasteiger partial charge on any atom is -0.375 e. The van der Waals surface area contributed by atoms with Gasteiger partial charge in [0.1, 0.15) is 23.6 Å². The molecule has 3 aromatic rings. The van der Waals surface area contributed by atoms with Gasteiger partial charge in [-0.1, -0.05) is 0 Å². The molecule has 0 radical (unpaired) electrons. The van der Waals surface area contributed by atoms with Crippen LogP contribution >= 0.6 is 0 Å². The van der Waals surface area contributed by atoms with Crippen LogP contribution in [-0.2, 0) is 11.2 Å². The maximum atomic E-state index is 14.7. The second-order valence-corrected chi connectivity index (χ2v) is 6.72. The molecular weight excluding hydrogens is 352 g/mol. The van der Waals surface area contributed by atoms with Crippen LogP contribution in [0.25, 0.3) is 16.9 Å². The summed E-state index contributed by atoms with van der Waals surface area (Å²) < 4.78 is 36.9. The topological polar surface area (TPSA) is 55.6 Å². The van der Waals surface area contributed by atoms with Crippen LogP contribution < -0.4 is 5.32 Å². The Balaban J connectivity index is 1.89. The minimum absolute atomic E-state index is 0.0466. The Morgan fingerprint density at radius 3 is 2.78 bits per heavy atom. The van der Waals surface area contributed by atoms with Gasteiger partial charge >= 0.3 is 0 Å². The third-order valence-corrected chi connectivity index (χ3v) is 4.74. The van der Waals surface area contributed by atoms with E-state index >= 15 is 0 Å². The molecule has 0 bridgehead atoms. The largest absolute Gasteiger partial charge is 0.375 e. The van der Waals surface area contributed by atoms with Gasteiger partial charge in [-0.15, -0.1) is 0 Å². The zero-order chi connectivity index (χ0) is 19.0. The van der Waals surface area contributed by atoms with Gasteiger partial charge in [0.05, 0.1) is 29.7 Å². The summed E-state index contributed by atoms with van der Waals surface area (Å²) in [5.74, 6) is -1.61. The number of morpholine rings is 1. The number of nitrogens with one attached hydrogen (secondary N) is 1. The summed E-state index contributed by atoms with van der Waals surface area (Å²) in [6, 6.07) is 5.85. The zero-order valence-electron chi connectivity index (χ0n) is 14.8. The number of pyridine rings is 1. The van der Waals surface area contributed by atoms with Crippen LogP contribution in [0.1, 0.15) is 21.6 Å². The molecule has 1 fully saturated rings. The quantitative estimate of drug-likeness (QED) is 0.717. The molecule has 3 heterocycles. The van der Waals surface area contributed by atoms with E-state index in [1.54, 1.807) is 0 Å². The van der Waals surface area contributed by atoms with E-state index in [1.807, 2.05) is 29.7 Å². The highest BCUT2D eigenvalue weighted by Gasteiger charge is 2.25. The van der Waals surface area contributed by atoms with E-state index in [2.05, 4.69) is 10.3 Å². The molecule has 1 aliphatic rings. The molecule has 5 nitrogen and oxygen atoms in total. The van der Waals surface area contributed by atoms with E-state index in [4.69, 9.17) is 4.74 Å². The summed E-state index contributed by atoms with van der Waals surface area (Å²) in [4.78, 5) is 15.4. The maximum absolute atomic E-state index is 14.7. The molecule has 0 amide bonds. The van der Waals surface area contributed by atoms with Gasteiger partial charge in [0.2, 0.25) is 0 Å². The molecule has 1 aromatic carbocycles. The lowest BCUT2D eigenvalue weighted by atomic mass is 10.0. The van der Waals surface area contributed by atoms with Crippen molar-refractivity contribution in [2.24, 2.45) is 0 Å². The lowest BCUT2D eigenvalue weighted by Gasteiger charge is -2.24. The molecule has 0 aliphatic carbocycles. The fraction of sp³-hybridized carbons (Fsp3) is 0.300.